The van der Waals surface area contributed by atoms with Crippen molar-refractivity contribution in [2.24, 2.45) is 0 Å². The van der Waals surface area contributed by atoms with Gasteiger partial charge in [0.2, 0.25) is 0 Å². The summed E-state index contributed by atoms with van der Waals surface area (Å²) in [5.74, 6) is -0.489. The third-order valence-electron chi connectivity index (χ3n) is 3.45. The molecular formula is C19H15ClN2O3. The molecule has 0 atom stereocenters. The molecule has 0 aliphatic carbocycles. The van der Waals surface area contributed by atoms with Crippen LogP contribution in [0.15, 0.2) is 77.7 Å². The largest absolute Gasteiger partial charge is 0.406 e. The molecule has 0 unspecified atom stereocenters. The predicted molar refractivity (Wildman–Crippen MR) is 96.8 cm³/mol. The molecular weight excluding hydrogens is 340 g/mol. The number of carbonyl (C=O) groups is 1. The number of hydrogen-bond donors (Lipinski definition) is 1. The van der Waals surface area contributed by atoms with Crippen molar-refractivity contribution in [3.8, 4) is 0 Å². The van der Waals surface area contributed by atoms with Gasteiger partial charge in [-0.1, -0.05) is 41.9 Å². The van der Waals surface area contributed by atoms with Crippen LogP contribution in [0.1, 0.15) is 15.9 Å². The van der Waals surface area contributed by atoms with E-state index in [9.17, 15) is 9.59 Å². The average Bonchev–Trinajstić information content (AvgIpc) is 2.62. The summed E-state index contributed by atoms with van der Waals surface area (Å²) in [6.07, 6.45) is 1.46. The maximum atomic E-state index is 12.4. The first-order chi connectivity index (χ1) is 12.1. The van der Waals surface area contributed by atoms with E-state index in [-0.39, 0.29) is 12.2 Å². The van der Waals surface area contributed by atoms with Gasteiger partial charge in [-0.25, -0.2) is 0 Å². The number of halogens is 1. The highest BCUT2D eigenvalue weighted by atomic mass is 35.5. The van der Waals surface area contributed by atoms with Crippen LogP contribution in [0.2, 0.25) is 5.02 Å². The Bertz CT molecular complexity index is 939. The third kappa shape index (κ3) is 4.28. The molecule has 2 aromatic carbocycles. The van der Waals surface area contributed by atoms with E-state index in [1.165, 1.54) is 12.3 Å². The van der Waals surface area contributed by atoms with Crippen molar-refractivity contribution in [3.05, 3.63) is 99.4 Å². The summed E-state index contributed by atoms with van der Waals surface area (Å²) in [7, 11) is 0. The summed E-state index contributed by atoms with van der Waals surface area (Å²) in [6.45, 7) is 0.157. The van der Waals surface area contributed by atoms with Crippen molar-refractivity contribution in [3.63, 3.8) is 0 Å². The zero-order valence-corrected chi connectivity index (χ0v) is 13.9. The van der Waals surface area contributed by atoms with Gasteiger partial charge in [0, 0.05) is 16.9 Å². The van der Waals surface area contributed by atoms with E-state index in [1.54, 1.807) is 48.5 Å². The Morgan fingerprint density at radius 3 is 2.60 bits per heavy atom. The minimum Gasteiger partial charge on any atom is -0.406 e. The number of anilines is 1. The fourth-order valence-corrected chi connectivity index (χ4v) is 2.45. The van der Waals surface area contributed by atoms with Crippen molar-refractivity contribution in [2.75, 3.05) is 5.32 Å². The first-order valence-corrected chi connectivity index (χ1v) is 7.97. The second-order valence-electron chi connectivity index (χ2n) is 5.28. The molecule has 1 heterocycles. The SMILES string of the molecule is O=C(Nc1ccccc1)c1cccn(OCc2cccc(Cl)c2)c1=O. The maximum Gasteiger partial charge on any atom is 0.295 e. The van der Waals surface area contributed by atoms with Gasteiger partial charge in [0.05, 0.1) is 0 Å². The Labute approximate surface area is 149 Å². The molecule has 0 fully saturated rings. The molecule has 0 saturated carbocycles. The Hall–Kier alpha value is -3.05. The Balaban J connectivity index is 1.75. The van der Waals surface area contributed by atoms with Gasteiger partial charge >= 0.3 is 0 Å². The number of nitrogens with zero attached hydrogens (tertiary/aromatic N) is 1. The van der Waals surface area contributed by atoms with Crippen molar-refractivity contribution >= 4 is 23.2 Å². The highest BCUT2D eigenvalue weighted by Gasteiger charge is 2.13. The summed E-state index contributed by atoms with van der Waals surface area (Å²) >= 11 is 5.92. The van der Waals surface area contributed by atoms with Crippen LogP contribution in [-0.2, 0) is 6.61 Å². The molecule has 0 spiro atoms. The van der Waals surface area contributed by atoms with Crippen LogP contribution >= 0.6 is 11.6 Å². The molecule has 5 nitrogen and oxygen atoms in total. The molecule has 3 rings (SSSR count). The number of hydrogen-bond acceptors (Lipinski definition) is 3. The zero-order valence-electron chi connectivity index (χ0n) is 13.2. The number of pyridine rings is 1. The number of aromatic nitrogens is 1. The van der Waals surface area contributed by atoms with E-state index in [2.05, 4.69) is 5.32 Å². The quantitative estimate of drug-likeness (QED) is 0.764. The van der Waals surface area contributed by atoms with Gasteiger partial charge in [0.15, 0.2) is 0 Å². The second-order valence-corrected chi connectivity index (χ2v) is 5.71. The van der Waals surface area contributed by atoms with Crippen LogP contribution in [0, 0.1) is 0 Å². The van der Waals surface area contributed by atoms with Crippen LogP contribution in [0.25, 0.3) is 0 Å². The zero-order chi connectivity index (χ0) is 17.6. The first kappa shape index (κ1) is 16.8. The number of rotatable bonds is 5. The Morgan fingerprint density at radius 2 is 1.84 bits per heavy atom. The standard InChI is InChI=1S/C19H15ClN2O3/c20-15-7-4-6-14(12-15)13-25-22-11-5-10-17(19(22)24)18(23)21-16-8-2-1-3-9-16/h1-12H,13H2,(H,21,23). The highest BCUT2D eigenvalue weighted by molar-refractivity contribution is 6.30. The van der Waals surface area contributed by atoms with Gasteiger partial charge in [-0.2, -0.15) is 4.73 Å². The molecule has 25 heavy (non-hydrogen) atoms. The van der Waals surface area contributed by atoms with Crippen molar-refractivity contribution in [2.45, 2.75) is 6.61 Å². The van der Waals surface area contributed by atoms with Gasteiger partial charge in [0.1, 0.15) is 12.2 Å². The smallest absolute Gasteiger partial charge is 0.295 e. The number of amides is 1. The van der Waals surface area contributed by atoms with E-state index < -0.39 is 11.5 Å². The molecule has 0 saturated heterocycles. The summed E-state index contributed by atoms with van der Waals surface area (Å²) in [6, 6.07) is 19.1. The lowest BCUT2D eigenvalue weighted by atomic mass is 10.2. The summed E-state index contributed by atoms with van der Waals surface area (Å²) < 4.78 is 1.04. The minimum absolute atomic E-state index is 0.00236. The Morgan fingerprint density at radius 1 is 1.04 bits per heavy atom. The van der Waals surface area contributed by atoms with Crippen molar-refractivity contribution < 1.29 is 9.63 Å². The third-order valence-corrected chi connectivity index (χ3v) is 3.69. The van der Waals surface area contributed by atoms with Crippen LogP contribution in [0.4, 0.5) is 5.69 Å². The lowest BCUT2D eigenvalue weighted by molar-refractivity contribution is 0.0863. The van der Waals surface area contributed by atoms with Crippen LogP contribution < -0.4 is 15.7 Å². The van der Waals surface area contributed by atoms with Crippen molar-refractivity contribution in [1.82, 2.24) is 4.73 Å². The molecule has 0 aliphatic heterocycles. The fraction of sp³-hybridized carbons (Fsp3) is 0.0526. The molecule has 126 valence electrons. The monoisotopic (exact) mass is 354 g/mol. The van der Waals surface area contributed by atoms with E-state index in [0.29, 0.717) is 10.7 Å². The first-order valence-electron chi connectivity index (χ1n) is 7.59. The summed E-state index contributed by atoms with van der Waals surface area (Å²) in [5, 5.41) is 3.27. The summed E-state index contributed by atoms with van der Waals surface area (Å²) in [5.41, 5.74) is 0.899. The average molecular weight is 355 g/mol. The number of carbonyl (C=O) groups excluding carboxylic acids is 1. The van der Waals surface area contributed by atoms with E-state index in [1.807, 2.05) is 12.1 Å². The predicted octanol–water partition coefficient (Wildman–Crippen LogP) is 3.38. The van der Waals surface area contributed by atoms with Gasteiger partial charge in [0.25, 0.3) is 11.5 Å². The number of benzene rings is 2. The van der Waals surface area contributed by atoms with Crippen LogP contribution in [-0.4, -0.2) is 10.6 Å². The van der Waals surface area contributed by atoms with Crippen LogP contribution in [0.5, 0.6) is 0 Å². The molecule has 1 N–H and O–H groups in total. The molecule has 6 heteroatoms. The molecule has 1 amide bonds. The molecule has 1 aromatic heterocycles. The van der Waals surface area contributed by atoms with Gasteiger partial charge in [-0.05, 0) is 42.0 Å². The van der Waals surface area contributed by atoms with E-state index in [4.69, 9.17) is 16.4 Å². The van der Waals surface area contributed by atoms with E-state index in [0.717, 1.165) is 10.3 Å². The van der Waals surface area contributed by atoms with Gasteiger partial charge in [-0.3, -0.25) is 9.59 Å². The molecule has 0 radical (unpaired) electrons. The lowest BCUT2D eigenvalue weighted by Gasteiger charge is -2.10. The molecule has 3 aromatic rings. The lowest BCUT2D eigenvalue weighted by Crippen LogP contribution is -2.32. The van der Waals surface area contributed by atoms with Gasteiger partial charge in [-0.15, -0.1) is 0 Å². The minimum atomic E-state index is -0.530. The molecule has 0 bridgehead atoms. The second kappa shape index (κ2) is 7.68. The van der Waals surface area contributed by atoms with Crippen LogP contribution in [0.3, 0.4) is 0 Å². The normalized spacial score (nSPS) is 10.3. The topological polar surface area (TPSA) is 60.3 Å². The highest BCUT2D eigenvalue weighted by Crippen LogP contribution is 2.11. The molecule has 0 aliphatic rings. The number of para-hydroxylation sites is 1. The van der Waals surface area contributed by atoms with E-state index >= 15 is 0 Å². The van der Waals surface area contributed by atoms with Gasteiger partial charge < -0.3 is 10.2 Å². The maximum absolute atomic E-state index is 12.4. The number of nitrogens with one attached hydrogen (secondary N) is 1. The Kier molecular flexibility index (Phi) is 5.16. The summed E-state index contributed by atoms with van der Waals surface area (Å²) in [4.78, 5) is 30.2. The fourth-order valence-electron chi connectivity index (χ4n) is 2.24. The van der Waals surface area contributed by atoms with Crippen molar-refractivity contribution in [1.29, 1.82) is 0 Å².